The Hall–Kier alpha value is -3.19. The number of nitrogens with zero attached hydrogens (tertiary/aromatic N) is 3. The molecule has 1 aliphatic carbocycles. The second kappa shape index (κ2) is 7.81. The van der Waals surface area contributed by atoms with Gasteiger partial charge >= 0.3 is 6.03 Å². The summed E-state index contributed by atoms with van der Waals surface area (Å²) in [6.07, 6.45) is 1.28. The topological polar surface area (TPSA) is 73.0 Å². The van der Waals surface area contributed by atoms with Gasteiger partial charge < -0.3 is 10.2 Å². The Balaban J connectivity index is 1.21. The van der Waals surface area contributed by atoms with Crippen molar-refractivity contribution in [2.45, 2.75) is 24.9 Å². The van der Waals surface area contributed by atoms with Crippen LogP contribution in [0.3, 0.4) is 0 Å². The summed E-state index contributed by atoms with van der Waals surface area (Å²) in [5.41, 5.74) is 2.18. The van der Waals surface area contributed by atoms with Crippen molar-refractivity contribution in [1.29, 1.82) is 0 Å². The van der Waals surface area contributed by atoms with E-state index in [-0.39, 0.29) is 18.4 Å². The van der Waals surface area contributed by atoms with Gasteiger partial charge in [-0.1, -0.05) is 54.6 Å². The van der Waals surface area contributed by atoms with Gasteiger partial charge in [0.05, 0.1) is 0 Å². The van der Waals surface area contributed by atoms with Crippen molar-refractivity contribution in [3.8, 4) is 0 Å². The molecule has 2 aromatic carbocycles. The summed E-state index contributed by atoms with van der Waals surface area (Å²) in [6.45, 7) is 3.41. The first kappa shape index (κ1) is 19.8. The number of piperazine rings is 1. The summed E-state index contributed by atoms with van der Waals surface area (Å²) < 4.78 is 0. The Morgan fingerprint density at radius 3 is 2.42 bits per heavy atom. The first-order chi connectivity index (χ1) is 15.1. The number of carbonyl (C=O) groups excluding carboxylic acids is 3. The van der Waals surface area contributed by atoms with E-state index in [1.165, 1.54) is 5.56 Å². The maximum atomic E-state index is 13.2. The quantitative estimate of drug-likeness (QED) is 0.768. The molecular formula is C24H26N4O3. The van der Waals surface area contributed by atoms with E-state index in [0.29, 0.717) is 19.5 Å². The van der Waals surface area contributed by atoms with Gasteiger partial charge in [-0.15, -0.1) is 0 Å². The molecule has 31 heavy (non-hydrogen) atoms. The molecule has 1 atom stereocenters. The Bertz CT molecular complexity index is 1020. The molecule has 0 unspecified atom stereocenters. The van der Waals surface area contributed by atoms with Crippen LogP contribution in [0.1, 0.15) is 23.1 Å². The number of amides is 4. The van der Waals surface area contributed by atoms with Crippen molar-refractivity contribution in [3.63, 3.8) is 0 Å². The third kappa shape index (κ3) is 3.49. The van der Waals surface area contributed by atoms with Crippen LogP contribution in [0.5, 0.6) is 0 Å². The summed E-state index contributed by atoms with van der Waals surface area (Å²) in [5, 5.41) is 2.89. The number of urea groups is 1. The van der Waals surface area contributed by atoms with Crippen LogP contribution in [-0.4, -0.2) is 65.3 Å². The van der Waals surface area contributed by atoms with Gasteiger partial charge in [0.1, 0.15) is 12.1 Å². The van der Waals surface area contributed by atoms with Gasteiger partial charge in [-0.3, -0.25) is 19.4 Å². The molecule has 160 valence electrons. The lowest BCUT2D eigenvalue weighted by molar-refractivity contribution is -0.140. The van der Waals surface area contributed by atoms with Gasteiger partial charge in [-0.05, 0) is 29.5 Å². The summed E-state index contributed by atoms with van der Waals surface area (Å²) in [4.78, 5) is 44.0. The highest BCUT2D eigenvalue weighted by Gasteiger charge is 2.55. The minimum Gasteiger partial charge on any atom is -0.339 e. The molecule has 1 spiro atoms. The van der Waals surface area contributed by atoms with E-state index in [0.717, 1.165) is 42.1 Å². The number of hydrogen-bond donors (Lipinski definition) is 1. The lowest BCUT2D eigenvalue weighted by atomic mass is 9.92. The van der Waals surface area contributed by atoms with E-state index in [2.05, 4.69) is 22.3 Å². The zero-order valence-corrected chi connectivity index (χ0v) is 17.4. The molecule has 7 heteroatoms. The smallest absolute Gasteiger partial charge is 0.325 e. The predicted octanol–water partition coefficient (Wildman–Crippen LogP) is 1.72. The van der Waals surface area contributed by atoms with Crippen molar-refractivity contribution in [2.75, 3.05) is 32.7 Å². The summed E-state index contributed by atoms with van der Waals surface area (Å²) >= 11 is 0. The summed E-state index contributed by atoms with van der Waals surface area (Å²) in [6, 6.07) is 17.5. The molecule has 2 saturated heterocycles. The van der Waals surface area contributed by atoms with Crippen LogP contribution in [0.25, 0.3) is 0 Å². The lowest BCUT2D eigenvalue weighted by Crippen LogP contribution is -2.51. The molecule has 4 amide bonds. The Kier molecular flexibility index (Phi) is 4.98. The van der Waals surface area contributed by atoms with Gasteiger partial charge in [0, 0.05) is 32.7 Å². The standard InChI is InChI=1S/C24H26N4O3/c29-21(27-14-12-26(13-15-27)16-18-6-2-1-3-7-18)17-28-22(30)24(25-23(28)31)11-10-19-8-4-5-9-20(19)24/h1-9H,10-17H2,(H,25,31)/t24-/m1/s1. The number of nitrogens with one attached hydrogen (secondary N) is 1. The summed E-state index contributed by atoms with van der Waals surface area (Å²) in [7, 11) is 0. The van der Waals surface area contributed by atoms with E-state index in [4.69, 9.17) is 0 Å². The first-order valence-corrected chi connectivity index (χ1v) is 10.8. The van der Waals surface area contributed by atoms with Crippen LogP contribution in [0, 0.1) is 0 Å². The Labute approximate surface area is 181 Å². The van der Waals surface area contributed by atoms with Crippen molar-refractivity contribution < 1.29 is 14.4 Å². The second-order valence-corrected chi connectivity index (χ2v) is 8.53. The number of benzene rings is 2. The largest absolute Gasteiger partial charge is 0.339 e. The minimum absolute atomic E-state index is 0.175. The highest BCUT2D eigenvalue weighted by molar-refractivity contribution is 6.09. The monoisotopic (exact) mass is 418 g/mol. The molecule has 2 fully saturated rings. The van der Waals surface area contributed by atoms with E-state index < -0.39 is 11.6 Å². The zero-order chi connectivity index (χ0) is 21.4. The number of fused-ring (bicyclic) bond motifs is 2. The average molecular weight is 418 g/mol. The molecule has 7 nitrogen and oxygen atoms in total. The molecule has 0 saturated carbocycles. The molecule has 3 aliphatic rings. The fourth-order valence-electron chi connectivity index (χ4n) is 4.97. The van der Waals surface area contributed by atoms with Crippen LogP contribution in [-0.2, 0) is 28.1 Å². The molecular weight excluding hydrogens is 392 g/mol. The molecule has 5 rings (SSSR count). The zero-order valence-electron chi connectivity index (χ0n) is 17.4. The van der Waals surface area contributed by atoms with Crippen molar-refractivity contribution in [2.24, 2.45) is 0 Å². The second-order valence-electron chi connectivity index (χ2n) is 8.53. The summed E-state index contributed by atoms with van der Waals surface area (Å²) in [5.74, 6) is -0.482. The molecule has 1 N–H and O–H groups in total. The van der Waals surface area contributed by atoms with Gasteiger partial charge in [0.15, 0.2) is 0 Å². The third-order valence-electron chi connectivity index (χ3n) is 6.69. The van der Waals surface area contributed by atoms with Gasteiger partial charge in [0.2, 0.25) is 5.91 Å². The molecule has 0 bridgehead atoms. The van der Waals surface area contributed by atoms with Crippen molar-refractivity contribution >= 4 is 17.8 Å². The van der Waals surface area contributed by atoms with E-state index in [1.54, 1.807) is 4.90 Å². The van der Waals surface area contributed by atoms with Crippen LogP contribution in [0.15, 0.2) is 54.6 Å². The first-order valence-electron chi connectivity index (χ1n) is 10.8. The minimum atomic E-state index is -1.01. The van der Waals surface area contributed by atoms with Crippen LogP contribution in [0.2, 0.25) is 0 Å². The average Bonchev–Trinajstić information content (AvgIpc) is 3.28. The van der Waals surface area contributed by atoms with E-state index in [9.17, 15) is 14.4 Å². The van der Waals surface area contributed by atoms with E-state index >= 15 is 0 Å². The Morgan fingerprint density at radius 1 is 0.935 bits per heavy atom. The molecule has 2 heterocycles. The number of hydrogen-bond acceptors (Lipinski definition) is 4. The van der Waals surface area contributed by atoms with Crippen LogP contribution >= 0.6 is 0 Å². The Morgan fingerprint density at radius 2 is 1.65 bits per heavy atom. The lowest BCUT2D eigenvalue weighted by Gasteiger charge is -2.35. The number of aryl methyl sites for hydroxylation is 1. The number of carbonyl (C=O) groups is 3. The molecule has 2 aliphatic heterocycles. The van der Waals surface area contributed by atoms with Crippen LogP contribution in [0.4, 0.5) is 4.79 Å². The maximum Gasteiger partial charge on any atom is 0.325 e. The predicted molar refractivity (Wildman–Crippen MR) is 115 cm³/mol. The fraction of sp³-hybridized carbons (Fsp3) is 0.375. The fourth-order valence-corrected chi connectivity index (χ4v) is 4.97. The number of rotatable bonds is 4. The number of imide groups is 1. The SMILES string of the molecule is O=C(CN1C(=O)N[C@@]2(CCc3ccccc32)C1=O)N1CCN(Cc2ccccc2)CC1. The van der Waals surface area contributed by atoms with Gasteiger partial charge in [-0.25, -0.2) is 4.79 Å². The molecule has 2 aromatic rings. The van der Waals surface area contributed by atoms with Gasteiger partial charge in [0.25, 0.3) is 5.91 Å². The molecule has 0 radical (unpaired) electrons. The normalized spacial score (nSPS) is 23.4. The van der Waals surface area contributed by atoms with Crippen molar-refractivity contribution in [1.82, 2.24) is 20.0 Å². The van der Waals surface area contributed by atoms with Crippen LogP contribution < -0.4 is 5.32 Å². The molecule has 0 aromatic heterocycles. The maximum absolute atomic E-state index is 13.2. The highest BCUT2D eigenvalue weighted by Crippen LogP contribution is 2.41. The van der Waals surface area contributed by atoms with Crippen molar-refractivity contribution in [3.05, 3.63) is 71.3 Å². The highest BCUT2D eigenvalue weighted by atomic mass is 16.2. The van der Waals surface area contributed by atoms with Gasteiger partial charge in [-0.2, -0.15) is 0 Å². The third-order valence-corrected chi connectivity index (χ3v) is 6.69. The van der Waals surface area contributed by atoms with E-state index in [1.807, 2.05) is 42.5 Å².